The zero-order chi connectivity index (χ0) is 11.3. The van der Waals surface area contributed by atoms with Crippen molar-refractivity contribution in [2.75, 3.05) is 0 Å². The number of rotatable bonds is 1. The number of hydrogen-bond donors (Lipinski definition) is 1. The summed E-state index contributed by atoms with van der Waals surface area (Å²) in [5.74, 6) is -1.16. The quantitative estimate of drug-likeness (QED) is 0.530. The third kappa shape index (κ3) is 278. The van der Waals surface area contributed by atoms with Crippen molar-refractivity contribution in [2.45, 2.75) is 13.8 Å². The molecule has 0 aromatic heterocycles. The third-order valence-electron chi connectivity index (χ3n) is 0.249. The molecule has 0 rings (SSSR count). The maximum absolute atomic E-state index is 9.75. The van der Waals surface area contributed by atoms with Crippen LogP contribution < -0.4 is 0 Å². The molecule has 4 nitrogen and oxygen atoms in total. The summed E-state index contributed by atoms with van der Waals surface area (Å²) >= 11 is 4.76. The van der Waals surface area contributed by atoms with Crippen molar-refractivity contribution in [3.63, 3.8) is 0 Å². The van der Waals surface area contributed by atoms with Crippen LogP contribution in [0, 0.1) is 0 Å². The molecule has 1 N–H and O–H groups in total. The lowest BCUT2D eigenvalue weighted by Gasteiger charge is -1.83. The molecule has 0 saturated carbocycles. The maximum Gasteiger partial charge on any atom is 0.307 e. The highest BCUT2D eigenvalue weighted by molar-refractivity contribution is 6.25. The van der Waals surface area contributed by atoms with E-state index in [2.05, 4.69) is 17.9 Å². The van der Waals surface area contributed by atoms with Gasteiger partial charge in [-0.1, -0.05) is 24.8 Å². The Balaban J connectivity index is -0.000000125. The van der Waals surface area contributed by atoms with Gasteiger partial charge in [0.05, 0.1) is 6.26 Å². The first-order chi connectivity index (χ1) is 5.92. The van der Waals surface area contributed by atoms with E-state index in [-0.39, 0.29) is 5.97 Å². The highest BCUT2D eigenvalue weighted by atomic mass is 35.5. The lowest BCUT2D eigenvalue weighted by molar-refractivity contribution is -0.136. The molecule has 0 aliphatic heterocycles. The third-order valence-corrected chi connectivity index (χ3v) is 0.249. The molecule has 13 heavy (non-hydrogen) atoms. The van der Waals surface area contributed by atoms with Crippen molar-refractivity contribution in [3.05, 3.63) is 25.0 Å². The molecule has 0 atom stereocenters. The van der Waals surface area contributed by atoms with E-state index in [1.54, 1.807) is 0 Å². The Morgan fingerprint density at radius 3 is 1.62 bits per heavy atom. The fraction of sp³-hybridized carbons (Fsp3) is 0.250. The van der Waals surface area contributed by atoms with Crippen molar-refractivity contribution in [1.29, 1.82) is 0 Å². The molecule has 0 spiro atoms. The van der Waals surface area contributed by atoms with E-state index >= 15 is 0 Å². The Kier molecular flexibility index (Phi) is 23.1. The number of aliphatic carboxylic acids is 1. The first kappa shape index (κ1) is 17.7. The van der Waals surface area contributed by atoms with Crippen molar-refractivity contribution in [3.8, 4) is 0 Å². The molecular formula is C8H13ClO4. The van der Waals surface area contributed by atoms with Crippen molar-refractivity contribution >= 4 is 23.5 Å². The summed E-state index contributed by atoms with van der Waals surface area (Å²) in [6.45, 7) is 8.69. The van der Waals surface area contributed by atoms with Crippen molar-refractivity contribution < 1.29 is 19.4 Å². The summed E-state index contributed by atoms with van der Waals surface area (Å²) in [5, 5.41) is 7.42. The van der Waals surface area contributed by atoms with E-state index in [4.69, 9.17) is 21.5 Å². The van der Waals surface area contributed by atoms with Crippen LogP contribution in [0.2, 0.25) is 0 Å². The molecule has 0 amide bonds. The van der Waals surface area contributed by atoms with Gasteiger partial charge in [-0.3, -0.25) is 9.59 Å². The van der Waals surface area contributed by atoms with Gasteiger partial charge >= 0.3 is 5.97 Å². The Bertz CT molecular complexity index is 162. The number of carboxylic acid groups (broad SMARTS) is 1. The SMILES string of the molecule is C=CCl.C=COC(C)=O.CC(=O)O. The topological polar surface area (TPSA) is 63.6 Å². The first-order valence-corrected chi connectivity index (χ1v) is 3.54. The molecule has 0 aliphatic rings. The summed E-state index contributed by atoms with van der Waals surface area (Å²) in [5.41, 5.74) is 1.22. The van der Waals surface area contributed by atoms with Crippen LogP contribution in [0.3, 0.4) is 0 Å². The van der Waals surface area contributed by atoms with Crippen LogP contribution in [0.15, 0.2) is 25.0 Å². The lowest BCUT2D eigenvalue weighted by Crippen LogP contribution is -1.87. The second-order valence-corrected chi connectivity index (χ2v) is 1.76. The van der Waals surface area contributed by atoms with Gasteiger partial charge in [0.15, 0.2) is 0 Å². The minimum Gasteiger partial charge on any atom is -0.481 e. The zero-order valence-corrected chi connectivity index (χ0v) is 8.37. The van der Waals surface area contributed by atoms with E-state index < -0.39 is 5.97 Å². The molecule has 76 valence electrons. The van der Waals surface area contributed by atoms with Gasteiger partial charge in [-0.15, -0.1) is 0 Å². The van der Waals surface area contributed by atoms with Gasteiger partial charge in [0, 0.05) is 13.8 Å². The molecule has 0 bridgehead atoms. The molecule has 5 heteroatoms. The summed E-state index contributed by atoms with van der Waals surface area (Å²) < 4.78 is 4.17. The van der Waals surface area contributed by atoms with Gasteiger partial charge in [0.2, 0.25) is 0 Å². The molecular weight excluding hydrogens is 196 g/mol. The second-order valence-electron chi connectivity index (χ2n) is 1.45. The fourth-order valence-electron chi connectivity index (χ4n) is 0.117. The standard InChI is InChI=1S/C4H6O2.C2H3Cl.C2H4O2/c1-3-6-4(2)5;1-2-3;1-2(3)4/h3H,1H2,2H3;2H,1H2;1H3,(H,3,4). The molecule has 0 aromatic rings. The largest absolute Gasteiger partial charge is 0.481 e. The first-order valence-electron chi connectivity index (χ1n) is 3.11. The summed E-state index contributed by atoms with van der Waals surface area (Å²) in [7, 11) is 0. The second kappa shape index (κ2) is 17.0. The summed E-state index contributed by atoms with van der Waals surface area (Å²) in [6.07, 6.45) is 1.10. The van der Waals surface area contributed by atoms with Gasteiger partial charge in [-0.2, -0.15) is 0 Å². The van der Waals surface area contributed by atoms with Gasteiger partial charge in [-0.05, 0) is 5.54 Å². The highest BCUT2D eigenvalue weighted by Gasteiger charge is 1.79. The smallest absolute Gasteiger partial charge is 0.307 e. The predicted molar refractivity (Wildman–Crippen MR) is 51.3 cm³/mol. The van der Waals surface area contributed by atoms with E-state index in [0.717, 1.165) is 13.2 Å². The number of carbonyl (C=O) groups is 2. The number of ether oxygens (including phenoxy) is 1. The Morgan fingerprint density at radius 1 is 1.38 bits per heavy atom. The highest BCUT2D eigenvalue weighted by Crippen LogP contribution is 1.70. The molecule has 0 aliphatic carbocycles. The number of carboxylic acids is 1. The van der Waals surface area contributed by atoms with Crippen LogP contribution in [0.4, 0.5) is 0 Å². The fourth-order valence-corrected chi connectivity index (χ4v) is 0.117. The molecule has 0 unspecified atom stereocenters. The monoisotopic (exact) mass is 208 g/mol. The normalized spacial score (nSPS) is 6.08. The number of halogens is 1. The number of esters is 1. The maximum atomic E-state index is 9.75. The van der Waals surface area contributed by atoms with Crippen LogP contribution >= 0.6 is 11.6 Å². The van der Waals surface area contributed by atoms with E-state index in [1.165, 1.54) is 12.5 Å². The zero-order valence-electron chi connectivity index (χ0n) is 7.62. The summed E-state index contributed by atoms with van der Waals surface area (Å²) in [4.78, 5) is 18.8. The molecule has 0 radical (unpaired) electrons. The molecule has 0 aromatic carbocycles. The average Bonchev–Trinajstić information content (AvgIpc) is 1.86. The van der Waals surface area contributed by atoms with Gasteiger partial charge in [-0.25, -0.2) is 0 Å². The molecule has 0 saturated heterocycles. The van der Waals surface area contributed by atoms with Crippen molar-refractivity contribution in [1.82, 2.24) is 0 Å². The minimum absolute atomic E-state index is 0.329. The van der Waals surface area contributed by atoms with Crippen LogP contribution in [0.5, 0.6) is 0 Å². The van der Waals surface area contributed by atoms with Crippen molar-refractivity contribution in [2.24, 2.45) is 0 Å². The van der Waals surface area contributed by atoms with E-state index in [0.29, 0.717) is 0 Å². The molecule has 0 fully saturated rings. The molecule has 0 heterocycles. The van der Waals surface area contributed by atoms with Crippen LogP contribution in [-0.2, 0) is 14.3 Å². The van der Waals surface area contributed by atoms with Crippen LogP contribution in [0.25, 0.3) is 0 Å². The Morgan fingerprint density at radius 2 is 1.62 bits per heavy atom. The van der Waals surface area contributed by atoms with E-state index in [9.17, 15) is 4.79 Å². The van der Waals surface area contributed by atoms with Crippen LogP contribution in [-0.4, -0.2) is 17.0 Å². The lowest BCUT2D eigenvalue weighted by atomic mass is 10.8. The Hall–Kier alpha value is -1.29. The summed E-state index contributed by atoms with van der Waals surface area (Å²) in [6, 6.07) is 0. The predicted octanol–water partition coefficient (Wildman–Crippen LogP) is 2.15. The van der Waals surface area contributed by atoms with Gasteiger partial charge in [0.1, 0.15) is 0 Å². The van der Waals surface area contributed by atoms with E-state index in [1.807, 2.05) is 0 Å². The Labute approximate surface area is 82.5 Å². The van der Waals surface area contributed by atoms with Gasteiger partial charge in [0.25, 0.3) is 5.97 Å². The average molecular weight is 209 g/mol. The van der Waals surface area contributed by atoms with Crippen LogP contribution in [0.1, 0.15) is 13.8 Å². The number of carbonyl (C=O) groups excluding carboxylic acids is 1. The van der Waals surface area contributed by atoms with Gasteiger partial charge < -0.3 is 9.84 Å². The number of hydrogen-bond acceptors (Lipinski definition) is 3. The minimum atomic E-state index is -0.833.